The van der Waals surface area contributed by atoms with Crippen LogP contribution in [0.2, 0.25) is 5.02 Å². The van der Waals surface area contributed by atoms with Crippen molar-refractivity contribution in [2.24, 2.45) is 5.73 Å². The fourth-order valence-electron chi connectivity index (χ4n) is 2.09. The maximum Gasteiger partial charge on any atom is 0.231 e. The maximum atomic E-state index is 6.27. The fraction of sp³-hybridized carbons (Fsp3) is 0.500. The van der Waals surface area contributed by atoms with Gasteiger partial charge in [0.05, 0.1) is 0 Å². The average molecular weight is 242 g/mol. The molecule has 0 spiro atoms. The van der Waals surface area contributed by atoms with Crippen LogP contribution in [0.25, 0.3) is 0 Å². The highest BCUT2D eigenvalue weighted by Crippen LogP contribution is 2.43. The summed E-state index contributed by atoms with van der Waals surface area (Å²) in [4.78, 5) is 0. The van der Waals surface area contributed by atoms with Crippen molar-refractivity contribution in [3.8, 4) is 11.5 Å². The molecular formula is C12H16ClNO2. The quantitative estimate of drug-likeness (QED) is 0.885. The smallest absolute Gasteiger partial charge is 0.231 e. The van der Waals surface area contributed by atoms with Gasteiger partial charge in [-0.1, -0.05) is 25.4 Å². The molecule has 88 valence electrons. The summed E-state index contributed by atoms with van der Waals surface area (Å²) in [7, 11) is 0. The van der Waals surface area contributed by atoms with Gasteiger partial charge < -0.3 is 15.2 Å². The molecule has 1 aliphatic heterocycles. The van der Waals surface area contributed by atoms with E-state index in [4.69, 9.17) is 26.8 Å². The van der Waals surface area contributed by atoms with Gasteiger partial charge in [-0.05, 0) is 24.4 Å². The molecule has 0 aromatic heterocycles. The van der Waals surface area contributed by atoms with Crippen LogP contribution in [0.3, 0.4) is 0 Å². The molecule has 2 rings (SSSR count). The largest absolute Gasteiger partial charge is 0.454 e. The van der Waals surface area contributed by atoms with Crippen molar-refractivity contribution >= 4 is 11.6 Å². The molecule has 3 nitrogen and oxygen atoms in total. The molecule has 1 atom stereocenters. The van der Waals surface area contributed by atoms with Gasteiger partial charge in [0.2, 0.25) is 6.79 Å². The molecule has 1 unspecified atom stereocenters. The van der Waals surface area contributed by atoms with E-state index in [1.807, 2.05) is 6.07 Å². The summed E-state index contributed by atoms with van der Waals surface area (Å²) >= 11 is 6.27. The van der Waals surface area contributed by atoms with Gasteiger partial charge in [-0.3, -0.25) is 0 Å². The SMILES string of the molecule is CCc1c2c(cc(Cl)c1C(C)CN)OCO2. The number of hydrogen-bond donors (Lipinski definition) is 1. The molecule has 1 aliphatic rings. The van der Waals surface area contributed by atoms with E-state index in [1.165, 1.54) is 0 Å². The molecule has 1 aromatic rings. The zero-order valence-electron chi connectivity index (χ0n) is 9.55. The third-order valence-corrected chi connectivity index (χ3v) is 3.27. The second-order valence-electron chi connectivity index (χ2n) is 3.97. The Labute approximate surface area is 100 Å². The van der Waals surface area contributed by atoms with Gasteiger partial charge in [-0.25, -0.2) is 0 Å². The van der Waals surface area contributed by atoms with E-state index >= 15 is 0 Å². The molecule has 0 amide bonds. The van der Waals surface area contributed by atoms with Crippen molar-refractivity contribution in [3.05, 3.63) is 22.2 Å². The molecule has 0 fully saturated rings. The van der Waals surface area contributed by atoms with Crippen LogP contribution >= 0.6 is 11.6 Å². The molecule has 4 heteroatoms. The van der Waals surface area contributed by atoms with Crippen molar-refractivity contribution < 1.29 is 9.47 Å². The minimum absolute atomic E-state index is 0.233. The first-order chi connectivity index (χ1) is 7.69. The molecule has 0 radical (unpaired) electrons. The molecule has 0 aliphatic carbocycles. The molecule has 1 aromatic carbocycles. The van der Waals surface area contributed by atoms with E-state index in [9.17, 15) is 0 Å². The van der Waals surface area contributed by atoms with Crippen LogP contribution in [0.4, 0.5) is 0 Å². The maximum absolute atomic E-state index is 6.27. The first kappa shape index (κ1) is 11.6. The normalized spacial score (nSPS) is 15.2. The predicted molar refractivity (Wildman–Crippen MR) is 64.4 cm³/mol. The topological polar surface area (TPSA) is 44.5 Å². The fourth-order valence-corrected chi connectivity index (χ4v) is 2.49. The number of rotatable bonds is 3. The summed E-state index contributed by atoms with van der Waals surface area (Å²) in [5.41, 5.74) is 7.93. The Balaban J connectivity index is 2.59. The number of fused-ring (bicyclic) bond motifs is 1. The molecule has 0 bridgehead atoms. The Bertz CT molecular complexity index is 406. The first-order valence-electron chi connectivity index (χ1n) is 5.50. The number of ether oxygens (including phenoxy) is 2. The van der Waals surface area contributed by atoms with Crippen LogP contribution in [0.1, 0.15) is 30.9 Å². The minimum Gasteiger partial charge on any atom is -0.454 e. The van der Waals surface area contributed by atoms with Crippen LogP contribution in [0.15, 0.2) is 6.07 Å². The van der Waals surface area contributed by atoms with Gasteiger partial charge in [-0.2, -0.15) is 0 Å². The molecule has 1 heterocycles. The highest BCUT2D eigenvalue weighted by molar-refractivity contribution is 6.31. The molecule has 16 heavy (non-hydrogen) atoms. The lowest BCUT2D eigenvalue weighted by molar-refractivity contribution is 0.173. The Hall–Kier alpha value is -0.930. The third kappa shape index (κ3) is 1.74. The highest BCUT2D eigenvalue weighted by atomic mass is 35.5. The second-order valence-corrected chi connectivity index (χ2v) is 4.38. The van der Waals surface area contributed by atoms with Gasteiger partial charge in [0.15, 0.2) is 11.5 Å². The Kier molecular flexibility index (Phi) is 3.26. The van der Waals surface area contributed by atoms with Crippen LogP contribution < -0.4 is 15.2 Å². The Morgan fingerprint density at radius 2 is 2.25 bits per heavy atom. The number of nitrogens with two attached hydrogens (primary N) is 1. The van der Waals surface area contributed by atoms with Crippen molar-refractivity contribution in [3.63, 3.8) is 0 Å². The average Bonchev–Trinajstić information content (AvgIpc) is 2.73. The Morgan fingerprint density at radius 1 is 1.50 bits per heavy atom. The van der Waals surface area contributed by atoms with Gasteiger partial charge in [0, 0.05) is 16.7 Å². The van der Waals surface area contributed by atoms with Gasteiger partial charge in [-0.15, -0.1) is 0 Å². The summed E-state index contributed by atoms with van der Waals surface area (Å²) in [6, 6.07) is 1.82. The standard InChI is InChI=1S/C12H16ClNO2/c1-3-8-11(7(2)5-14)9(13)4-10-12(8)16-6-15-10/h4,7H,3,5-6,14H2,1-2H3. The summed E-state index contributed by atoms with van der Waals surface area (Å²) in [5.74, 6) is 1.81. The van der Waals surface area contributed by atoms with Gasteiger partial charge >= 0.3 is 0 Å². The Morgan fingerprint density at radius 3 is 2.88 bits per heavy atom. The van der Waals surface area contributed by atoms with Gasteiger partial charge in [0.25, 0.3) is 0 Å². The van der Waals surface area contributed by atoms with E-state index < -0.39 is 0 Å². The van der Waals surface area contributed by atoms with E-state index in [0.29, 0.717) is 6.54 Å². The number of hydrogen-bond acceptors (Lipinski definition) is 3. The van der Waals surface area contributed by atoms with Crippen molar-refractivity contribution in [1.29, 1.82) is 0 Å². The van der Waals surface area contributed by atoms with Crippen LogP contribution in [0, 0.1) is 0 Å². The highest BCUT2D eigenvalue weighted by Gasteiger charge is 2.24. The van der Waals surface area contributed by atoms with E-state index in [2.05, 4.69) is 13.8 Å². The van der Waals surface area contributed by atoms with Gasteiger partial charge in [0.1, 0.15) is 0 Å². The molecule has 2 N–H and O–H groups in total. The summed E-state index contributed by atoms with van der Waals surface area (Å²) in [6.07, 6.45) is 0.867. The lowest BCUT2D eigenvalue weighted by atomic mass is 9.93. The monoisotopic (exact) mass is 241 g/mol. The van der Waals surface area contributed by atoms with E-state index in [-0.39, 0.29) is 12.7 Å². The summed E-state index contributed by atoms with van der Waals surface area (Å²) in [6.45, 7) is 5.01. The molecular weight excluding hydrogens is 226 g/mol. The first-order valence-corrected chi connectivity index (χ1v) is 5.87. The van der Waals surface area contributed by atoms with Crippen LogP contribution in [0.5, 0.6) is 11.5 Å². The van der Waals surface area contributed by atoms with E-state index in [0.717, 1.165) is 34.1 Å². The summed E-state index contributed by atoms with van der Waals surface area (Å²) < 4.78 is 10.8. The van der Waals surface area contributed by atoms with Crippen molar-refractivity contribution in [1.82, 2.24) is 0 Å². The van der Waals surface area contributed by atoms with Crippen LogP contribution in [-0.2, 0) is 6.42 Å². The third-order valence-electron chi connectivity index (χ3n) is 2.96. The minimum atomic E-state index is 0.233. The number of halogens is 1. The van der Waals surface area contributed by atoms with E-state index in [1.54, 1.807) is 0 Å². The molecule has 0 saturated heterocycles. The van der Waals surface area contributed by atoms with Crippen LogP contribution in [-0.4, -0.2) is 13.3 Å². The predicted octanol–water partition coefficient (Wildman–Crippen LogP) is 2.69. The summed E-state index contributed by atoms with van der Waals surface area (Å²) in [5, 5.41) is 0.721. The lowest BCUT2D eigenvalue weighted by Gasteiger charge is -2.17. The van der Waals surface area contributed by atoms with Crippen molar-refractivity contribution in [2.75, 3.05) is 13.3 Å². The second kappa shape index (κ2) is 4.52. The lowest BCUT2D eigenvalue weighted by Crippen LogP contribution is -2.12. The zero-order chi connectivity index (χ0) is 11.7. The molecule has 0 saturated carbocycles. The zero-order valence-corrected chi connectivity index (χ0v) is 10.3. The number of benzene rings is 1. The van der Waals surface area contributed by atoms with Crippen molar-refractivity contribution in [2.45, 2.75) is 26.2 Å².